The van der Waals surface area contributed by atoms with E-state index >= 15 is 0 Å². The highest BCUT2D eigenvalue weighted by molar-refractivity contribution is 5.73. The Morgan fingerprint density at radius 2 is 2.00 bits per heavy atom. The van der Waals surface area contributed by atoms with Gasteiger partial charge in [0.25, 0.3) is 0 Å². The molecular formula is C10H20N2O2. The molecule has 0 aliphatic carbocycles. The first kappa shape index (κ1) is 11.5. The number of carbonyl (C=O) groups excluding carboxylic acids is 1. The van der Waals surface area contributed by atoms with Gasteiger partial charge in [-0.15, -0.1) is 0 Å². The van der Waals surface area contributed by atoms with Crippen molar-refractivity contribution in [2.75, 3.05) is 13.1 Å². The molecule has 14 heavy (non-hydrogen) atoms. The molecule has 4 nitrogen and oxygen atoms in total. The van der Waals surface area contributed by atoms with Gasteiger partial charge in [-0.1, -0.05) is 6.92 Å². The lowest BCUT2D eigenvalue weighted by atomic mass is 9.98. The Balaban J connectivity index is 2.53. The molecule has 2 N–H and O–H groups in total. The first-order valence-electron chi connectivity index (χ1n) is 5.02. The number of carbonyl (C=O) groups is 1. The lowest BCUT2D eigenvalue weighted by Gasteiger charge is -2.23. The highest BCUT2D eigenvalue weighted by atomic mass is 16.6. The first-order valence-corrected chi connectivity index (χ1v) is 5.02. The summed E-state index contributed by atoms with van der Waals surface area (Å²) in [7, 11) is 0. The fourth-order valence-corrected chi connectivity index (χ4v) is 1.69. The normalized spacial score (nSPS) is 29.2. The molecule has 0 unspecified atom stereocenters. The van der Waals surface area contributed by atoms with E-state index in [0.29, 0.717) is 6.54 Å². The fraction of sp³-hybridized carbons (Fsp3) is 0.900. The number of esters is 1. The van der Waals surface area contributed by atoms with Crippen LogP contribution in [0.5, 0.6) is 0 Å². The maximum atomic E-state index is 11.7. The minimum Gasteiger partial charge on any atom is -0.460 e. The molecule has 0 radical (unpaired) electrons. The van der Waals surface area contributed by atoms with Gasteiger partial charge in [0.05, 0.1) is 5.92 Å². The summed E-state index contributed by atoms with van der Waals surface area (Å²) >= 11 is 0. The number of hydrogen-bond donors (Lipinski definition) is 1. The maximum Gasteiger partial charge on any atom is 0.311 e. The van der Waals surface area contributed by atoms with Crippen LogP contribution in [-0.4, -0.2) is 29.7 Å². The first-order chi connectivity index (χ1) is 6.29. The van der Waals surface area contributed by atoms with Gasteiger partial charge in [0, 0.05) is 13.1 Å². The van der Waals surface area contributed by atoms with Crippen LogP contribution in [0.1, 0.15) is 27.7 Å². The van der Waals surface area contributed by atoms with Crippen LogP contribution >= 0.6 is 0 Å². The van der Waals surface area contributed by atoms with Gasteiger partial charge < -0.3 is 4.74 Å². The molecule has 0 bridgehead atoms. The molecule has 0 aromatic rings. The number of ether oxygens (including phenoxy) is 1. The molecule has 0 aromatic heterocycles. The van der Waals surface area contributed by atoms with Gasteiger partial charge in [0.15, 0.2) is 0 Å². The zero-order valence-electron chi connectivity index (χ0n) is 9.41. The summed E-state index contributed by atoms with van der Waals surface area (Å²) in [6.07, 6.45) is 0. The van der Waals surface area contributed by atoms with E-state index in [1.807, 2.05) is 27.7 Å². The molecule has 1 fully saturated rings. The van der Waals surface area contributed by atoms with Crippen molar-refractivity contribution in [2.45, 2.75) is 33.3 Å². The molecule has 1 rings (SSSR count). The molecule has 0 aromatic carbocycles. The van der Waals surface area contributed by atoms with E-state index in [0.717, 1.165) is 6.54 Å². The Morgan fingerprint density at radius 3 is 2.36 bits per heavy atom. The van der Waals surface area contributed by atoms with Crippen LogP contribution in [0.3, 0.4) is 0 Å². The highest BCUT2D eigenvalue weighted by Gasteiger charge is 2.36. The summed E-state index contributed by atoms with van der Waals surface area (Å²) in [6, 6.07) is 0. The van der Waals surface area contributed by atoms with Crippen molar-refractivity contribution >= 4 is 5.97 Å². The third-order valence-electron chi connectivity index (χ3n) is 2.35. The van der Waals surface area contributed by atoms with Gasteiger partial charge >= 0.3 is 5.97 Å². The van der Waals surface area contributed by atoms with Gasteiger partial charge in [-0.05, 0) is 26.7 Å². The molecule has 0 saturated carbocycles. The van der Waals surface area contributed by atoms with Crippen molar-refractivity contribution in [3.8, 4) is 0 Å². The zero-order valence-corrected chi connectivity index (χ0v) is 9.41. The smallest absolute Gasteiger partial charge is 0.311 e. The summed E-state index contributed by atoms with van der Waals surface area (Å²) in [6.45, 7) is 9.04. The predicted molar refractivity (Wildman–Crippen MR) is 54.3 cm³/mol. The molecule has 1 heterocycles. The Hall–Kier alpha value is -0.610. The Labute approximate surface area is 85.4 Å². The average molecular weight is 200 g/mol. The van der Waals surface area contributed by atoms with Crippen LogP contribution in [0.15, 0.2) is 0 Å². The van der Waals surface area contributed by atoms with Crippen LogP contribution in [0.2, 0.25) is 0 Å². The van der Waals surface area contributed by atoms with Gasteiger partial charge in [0.2, 0.25) is 0 Å². The number of nitrogens with zero attached hydrogens (tertiary/aromatic N) is 1. The molecule has 1 saturated heterocycles. The van der Waals surface area contributed by atoms with E-state index in [2.05, 4.69) is 0 Å². The fourth-order valence-electron chi connectivity index (χ4n) is 1.69. The number of hydrogen-bond acceptors (Lipinski definition) is 4. The van der Waals surface area contributed by atoms with Crippen LogP contribution in [0.25, 0.3) is 0 Å². The molecular weight excluding hydrogens is 180 g/mol. The van der Waals surface area contributed by atoms with Crippen LogP contribution in [0, 0.1) is 11.8 Å². The minimum absolute atomic E-state index is 0.0702. The molecule has 82 valence electrons. The second-order valence-corrected chi connectivity index (χ2v) is 5.07. The van der Waals surface area contributed by atoms with E-state index in [-0.39, 0.29) is 17.8 Å². The van der Waals surface area contributed by atoms with E-state index in [9.17, 15) is 4.79 Å². The van der Waals surface area contributed by atoms with Crippen LogP contribution in [0.4, 0.5) is 0 Å². The van der Waals surface area contributed by atoms with Gasteiger partial charge in [-0.2, -0.15) is 0 Å². The van der Waals surface area contributed by atoms with E-state index in [4.69, 9.17) is 10.6 Å². The third kappa shape index (κ3) is 2.96. The van der Waals surface area contributed by atoms with Crippen molar-refractivity contribution in [1.82, 2.24) is 5.01 Å². The topological polar surface area (TPSA) is 55.6 Å². The second kappa shape index (κ2) is 3.87. The van der Waals surface area contributed by atoms with Crippen molar-refractivity contribution in [3.05, 3.63) is 0 Å². The monoisotopic (exact) mass is 200 g/mol. The molecule has 4 heteroatoms. The molecule has 1 aliphatic rings. The summed E-state index contributed by atoms with van der Waals surface area (Å²) in [5.74, 6) is 5.73. The molecule has 2 atom stereocenters. The van der Waals surface area contributed by atoms with Crippen molar-refractivity contribution < 1.29 is 9.53 Å². The Morgan fingerprint density at radius 1 is 1.43 bits per heavy atom. The Kier molecular flexibility index (Phi) is 3.17. The zero-order chi connectivity index (χ0) is 10.9. The standard InChI is InChI=1S/C10H20N2O2/c1-7-5-12(11)6-8(7)9(13)14-10(2,3)4/h7-8H,5-6,11H2,1-4H3/t7-,8-/m0/s1. The molecule has 0 amide bonds. The summed E-state index contributed by atoms with van der Waals surface area (Å²) < 4.78 is 5.32. The summed E-state index contributed by atoms with van der Waals surface area (Å²) in [5.41, 5.74) is -0.404. The van der Waals surface area contributed by atoms with Gasteiger partial charge in [-0.3, -0.25) is 10.6 Å². The molecule has 0 spiro atoms. The van der Waals surface area contributed by atoms with Crippen LogP contribution < -0.4 is 5.84 Å². The largest absolute Gasteiger partial charge is 0.460 e. The van der Waals surface area contributed by atoms with E-state index in [1.54, 1.807) is 5.01 Å². The van der Waals surface area contributed by atoms with E-state index < -0.39 is 5.60 Å². The van der Waals surface area contributed by atoms with Crippen LogP contribution in [-0.2, 0) is 9.53 Å². The lowest BCUT2D eigenvalue weighted by molar-refractivity contribution is -0.160. The van der Waals surface area contributed by atoms with Gasteiger partial charge in [0.1, 0.15) is 5.60 Å². The maximum absolute atomic E-state index is 11.7. The van der Waals surface area contributed by atoms with E-state index in [1.165, 1.54) is 0 Å². The quantitative estimate of drug-likeness (QED) is 0.502. The van der Waals surface area contributed by atoms with Gasteiger partial charge in [-0.25, -0.2) is 5.01 Å². The predicted octanol–water partition coefficient (Wildman–Crippen LogP) is 0.770. The number of rotatable bonds is 1. The Bertz CT molecular complexity index is 223. The van der Waals surface area contributed by atoms with Crippen molar-refractivity contribution in [1.29, 1.82) is 0 Å². The molecule has 1 aliphatic heterocycles. The summed E-state index contributed by atoms with van der Waals surface area (Å²) in [4.78, 5) is 11.7. The highest BCUT2D eigenvalue weighted by Crippen LogP contribution is 2.23. The minimum atomic E-state index is -0.404. The number of nitrogens with two attached hydrogens (primary N) is 1. The second-order valence-electron chi connectivity index (χ2n) is 5.07. The third-order valence-corrected chi connectivity index (χ3v) is 2.35. The number of hydrazine groups is 1. The SMILES string of the molecule is C[C@H]1CN(N)C[C@@H]1C(=O)OC(C)(C)C. The van der Waals surface area contributed by atoms with Crippen molar-refractivity contribution in [3.63, 3.8) is 0 Å². The summed E-state index contributed by atoms with van der Waals surface area (Å²) in [5, 5.41) is 1.68. The van der Waals surface area contributed by atoms with Crippen molar-refractivity contribution in [2.24, 2.45) is 17.7 Å². The average Bonchev–Trinajstić information content (AvgIpc) is 2.26. The lowest BCUT2D eigenvalue weighted by Crippen LogP contribution is -2.33.